The average Bonchev–Trinajstić information content (AvgIpc) is 2.41. The molecule has 0 amide bonds. The van der Waals surface area contributed by atoms with Gasteiger partial charge >= 0.3 is 0 Å². The van der Waals surface area contributed by atoms with E-state index in [9.17, 15) is 10.1 Å². The summed E-state index contributed by atoms with van der Waals surface area (Å²) in [4.78, 5) is 10.7. The minimum absolute atomic E-state index is 0.127. The van der Waals surface area contributed by atoms with E-state index in [0.29, 0.717) is 5.56 Å². The Labute approximate surface area is 125 Å². The van der Waals surface area contributed by atoms with Crippen molar-refractivity contribution in [1.29, 1.82) is 0 Å². The van der Waals surface area contributed by atoms with E-state index in [-0.39, 0.29) is 16.7 Å². The molecule has 1 unspecified atom stereocenters. The second-order valence-corrected chi connectivity index (χ2v) is 5.32. The average molecular weight is 368 g/mol. The third kappa shape index (κ3) is 3.23. The largest absolute Gasteiger partial charge is 0.377 e. The lowest BCUT2D eigenvalue weighted by Gasteiger charge is -2.16. The number of nitro benzene ring substituents is 1. The summed E-state index contributed by atoms with van der Waals surface area (Å²) in [6.07, 6.45) is 0. The maximum Gasteiger partial charge on any atom is 0.274 e. The molecule has 4 nitrogen and oxygen atoms in total. The summed E-state index contributed by atoms with van der Waals surface area (Å²) in [6, 6.07) is 14.5. The molecule has 19 heavy (non-hydrogen) atoms. The Bertz CT molecular complexity index is 602. The van der Waals surface area contributed by atoms with Gasteiger partial charge in [-0.15, -0.1) is 0 Å². The molecular formula is C14H13IN2O2. The minimum Gasteiger partial charge on any atom is -0.377 e. The first-order chi connectivity index (χ1) is 9.09. The molecule has 1 atom stereocenters. The fourth-order valence-corrected chi connectivity index (χ4v) is 2.45. The van der Waals surface area contributed by atoms with E-state index in [2.05, 4.69) is 27.9 Å². The standard InChI is InChI=1S/C14H13IN2O2/c1-10(16-13-8-4-3-7-12(13)15)11-6-2-5-9-14(11)17(18)19/h2-10,16H,1H3. The smallest absolute Gasteiger partial charge is 0.274 e. The van der Waals surface area contributed by atoms with Crippen LogP contribution in [0.3, 0.4) is 0 Å². The number of rotatable bonds is 4. The monoisotopic (exact) mass is 368 g/mol. The van der Waals surface area contributed by atoms with Crippen LogP contribution in [-0.2, 0) is 0 Å². The molecule has 0 saturated heterocycles. The van der Waals surface area contributed by atoms with E-state index in [4.69, 9.17) is 0 Å². The molecule has 2 aromatic carbocycles. The third-order valence-corrected chi connectivity index (χ3v) is 3.79. The number of benzene rings is 2. The second kappa shape index (κ2) is 6.01. The molecule has 0 heterocycles. The fourth-order valence-electron chi connectivity index (χ4n) is 1.91. The van der Waals surface area contributed by atoms with Crippen LogP contribution in [0, 0.1) is 13.7 Å². The number of anilines is 1. The van der Waals surface area contributed by atoms with Crippen LogP contribution in [0.1, 0.15) is 18.5 Å². The van der Waals surface area contributed by atoms with Crippen molar-refractivity contribution < 1.29 is 4.92 Å². The molecule has 2 aromatic rings. The van der Waals surface area contributed by atoms with E-state index in [1.54, 1.807) is 12.1 Å². The van der Waals surface area contributed by atoms with Gasteiger partial charge in [0, 0.05) is 15.3 Å². The molecule has 0 spiro atoms. The molecule has 0 radical (unpaired) electrons. The summed E-state index contributed by atoms with van der Waals surface area (Å²) in [5.74, 6) is 0. The molecule has 0 aliphatic rings. The summed E-state index contributed by atoms with van der Waals surface area (Å²) < 4.78 is 1.09. The number of nitrogens with one attached hydrogen (secondary N) is 1. The topological polar surface area (TPSA) is 55.2 Å². The fraction of sp³-hybridized carbons (Fsp3) is 0.143. The van der Waals surface area contributed by atoms with Crippen molar-refractivity contribution in [2.75, 3.05) is 5.32 Å². The maximum atomic E-state index is 11.0. The Morgan fingerprint density at radius 1 is 1.16 bits per heavy atom. The van der Waals surface area contributed by atoms with Gasteiger partial charge in [0.1, 0.15) is 0 Å². The summed E-state index contributed by atoms with van der Waals surface area (Å²) >= 11 is 2.24. The highest BCUT2D eigenvalue weighted by Crippen LogP contribution is 2.28. The van der Waals surface area contributed by atoms with Gasteiger partial charge in [0.2, 0.25) is 0 Å². The summed E-state index contributed by atoms with van der Waals surface area (Å²) in [5, 5.41) is 14.3. The quantitative estimate of drug-likeness (QED) is 0.495. The SMILES string of the molecule is CC(Nc1ccccc1I)c1ccccc1[N+](=O)[O-]. The molecule has 2 rings (SSSR count). The van der Waals surface area contributed by atoms with E-state index >= 15 is 0 Å². The zero-order valence-electron chi connectivity index (χ0n) is 10.3. The highest BCUT2D eigenvalue weighted by Gasteiger charge is 2.18. The normalized spacial score (nSPS) is 11.9. The number of para-hydroxylation sites is 2. The highest BCUT2D eigenvalue weighted by molar-refractivity contribution is 14.1. The van der Waals surface area contributed by atoms with Crippen LogP contribution in [0.4, 0.5) is 11.4 Å². The van der Waals surface area contributed by atoms with Crippen LogP contribution in [0.5, 0.6) is 0 Å². The molecule has 0 bridgehead atoms. The van der Waals surface area contributed by atoms with Crippen molar-refractivity contribution in [1.82, 2.24) is 0 Å². The van der Waals surface area contributed by atoms with Crippen LogP contribution in [0.25, 0.3) is 0 Å². The van der Waals surface area contributed by atoms with Crippen molar-refractivity contribution in [2.24, 2.45) is 0 Å². The molecule has 0 saturated carbocycles. The Morgan fingerprint density at radius 2 is 1.79 bits per heavy atom. The van der Waals surface area contributed by atoms with Crippen molar-refractivity contribution in [3.05, 3.63) is 67.8 Å². The first-order valence-electron chi connectivity index (χ1n) is 5.84. The molecule has 1 N–H and O–H groups in total. The maximum absolute atomic E-state index is 11.0. The number of nitrogens with zero attached hydrogens (tertiary/aromatic N) is 1. The lowest BCUT2D eigenvalue weighted by Crippen LogP contribution is -2.09. The van der Waals surface area contributed by atoms with Crippen molar-refractivity contribution in [3.63, 3.8) is 0 Å². The zero-order chi connectivity index (χ0) is 13.8. The summed E-state index contributed by atoms with van der Waals surface area (Å²) in [5.41, 5.74) is 1.81. The Morgan fingerprint density at radius 3 is 2.47 bits per heavy atom. The lowest BCUT2D eigenvalue weighted by atomic mass is 10.1. The molecule has 5 heteroatoms. The predicted molar refractivity (Wildman–Crippen MR) is 84.3 cm³/mol. The van der Waals surface area contributed by atoms with Crippen molar-refractivity contribution in [3.8, 4) is 0 Å². The van der Waals surface area contributed by atoms with Crippen LogP contribution in [0.2, 0.25) is 0 Å². The zero-order valence-corrected chi connectivity index (χ0v) is 12.5. The van der Waals surface area contributed by atoms with E-state index in [1.165, 1.54) is 6.07 Å². The summed E-state index contributed by atoms with van der Waals surface area (Å²) in [6.45, 7) is 1.92. The minimum atomic E-state index is -0.344. The van der Waals surface area contributed by atoms with Gasteiger partial charge in [-0.05, 0) is 41.6 Å². The Kier molecular flexibility index (Phi) is 4.36. The van der Waals surface area contributed by atoms with Gasteiger partial charge in [-0.25, -0.2) is 0 Å². The molecular weight excluding hydrogens is 355 g/mol. The molecule has 0 aromatic heterocycles. The number of halogens is 1. The van der Waals surface area contributed by atoms with Gasteiger partial charge < -0.3 is 5.32 Å². The molecule has 98 valence electrons. The highest BCUT2D eigenvalue weighted by atomic mass is 127. The van der Waals surface area contributed by atoms with E-state index in [1.807, 2.05) is 37.3 Å². The third-order valence-electron chi connectivity index (χ3n) is 2.85. The molecule has 0 aliphatic heterocycles. The first kappa shape index (κ1) is 13.8. The van der Waals surface area contributed by atoms with Crippen molar-refractivity contribution >= 4 is 34.0 Å². The van der Waals surface area contributed by atoms with Gasteiger partial charge in [0.15, 0.2) is 0 Å². The molecule has 0 fully saturated rings. The van der Waals surface area contributed by atoms with Crippen LogP contribution in [-0.4, -0.2) is 4.92 Å². The van der Waals surface area contributed by atoms with Gasteiger partial charge in [0.25, 0.3) is 5.69 Å². The lowest BCUT2D eigenvalue weighted by molar-refractivity contribution is -0.385. The van der Waals surface area contributed by atoms with E-state index < -0.39 is 0 Å². The van der Waals surface area contributed by atoms with Crippen molar-refractivity contribution in [2.45, 2.75) is 13.0 Å². The van der Waals surface area contributed by atoms with Gasteiger partial charge in [-0.1, -0.05) is 30.3 Å². The Hall–Kier alpha value is -1.63. The Balaban J connectivity index is 2.28. The second-order valence-electron chi connectivity index (χ2n) is 4.16. The first-order valence-corrected chi connectivity index (χ1v) is 6.92. The number of hydrogen-bond acceptors (Lipinski definition) is 3. The van der Waals surface area contributed by atoms with Crippen LogP contribution >= 0.6 is 22.6 Å². The molecule has 0 aliphatic carbocycles. The number of hydrogen-bond donors (Lipinski definition) is 1. The van der Waals surface area contributed by atoms with Gasteiger partial charge in [-0.3, -0.25) is 10.1 Å². The van der Waals surface area contributed by atoms with Gasteiger partial charge in [-0.2, -0.15) is 0 Å². The predicted octanol–water partition coefficient (Wildman–Crippen LogP) is 4.37. The van der Waals surface area contributed by atoms with Gasteiger partial charge in [0.05, 0.1) is 16.5 Å². The van der Waals surface area contributed by atoms with Crippen LogP contribution < -0.4 is 5.32 Å². The van der Waals surface area contributed by atoms with E-state index in [0.717, 1.165) is 9.26 Å². The number of nitro groups is 1. The van der Waals surface area contributed by atoms with Crippen LogP contribution in [0.15, 0.2) is 48.5 Å². The summed E-state index contributed by atoms with van der Waals surface area (Å²) in [7, 11) is 0.